The Kier molecular flexibility index (Phi) is 7.25. The van der Waals surface area contributed by atoms with E-state index in [-0.39, 0.29) is 0 Å². The second-order valence-corrected chi connectivity index (χ2v) is 14.4. The van der Waals surface area contributed by atoms with Crippen LogP contribution in [0, 0.1) is 0 Å². The minimum Gasteiger partial charge on any atom is -0.309 e. The number of hydrogen-bond donors (Lipinski definition) is 0. The van der Waals surface area contributed by atoms with E-state index < -0.39 is 0 Å². The molecule has 11 aromatic rings. The number of hydrogen-bond acceptors (Lipinski definition) is 0. The molecule has 11 rings (SSSR count). The fraction of sp³-hybridized carbons (Fsp3) is 0. The third kappa shape index (κ3) is 5.01. The average Bonchev–Trinajstić information content (AvgIpc) is 3.60. The highest BCUT2D eigenvalue weighted by Gasteiger charge is 2.21. The number of nitrogens with zero attached hydrogens (tertiary/aromatic N) is 1. The molecule has 1 nitrogen and oxygen atoms in total. The van der Waals surface area contributed by atoms with Gasteiger partial charge in [-0.15, -0.1) is 0 Å². The molecule has 0 aliphatic heterocycles. The predicted molar refractivity (Wildman–Crippen MR) is 235 cm³/mol. The van der Waals surface area contributed by atoms with Crippen molar-refractivity contribution in [2.24, 2.45) is 0 Å². The first-order chi connectivity index (χ1) is 27.3. The molecule has 0 N–H and O–H groups in total. The maximum absolute atomic E-state index is 2.45. The van der Waals surface area contributed by atoms with Crippen LogP contribution in [0.5, 0.6) is 0 Å². The van der Waals surface area contributed by atoms with Crippen LogP contribution in [-0.4, -0.2) is 4.57 Å². The molecule has 0 radical (unpaired) electrons. The van der Waals surface area contributed by atoms with Gasteiger partial charge in [-0.2, -0.15) is 0 Å². The molecule has 0 aliphatic rings. The van der Waals surface area contributed by atoms with E-state index in [4.69, 9.17) is 0 Å². The first-order valence-electron chi connectivity index (χ1n) is 19.0. The van der Waals surface area contributed by atoms with Gasteiger partial charge in [0.2, 0.25) is 0 Å². The predicted octanol–water partition coefficient (Wildman–Crippen LogP) is 14.9. The third-order valence-electron chi connectivity index (χ3n) is 11.4. The van der Waals surface area contributed by atoms with Gasteiger partial charge in [-0.05, 0) is 95.7 Å². The Morgan fingerprint density at radius 3 is 1.31 bits per heavy atom. The molecule has 0 atom stereocenters. The number of fused-ring (bicyclic) bond motifs is 6. The molecule has 0 bridgehead atoms. The lowest BCUT2D eigenvalue weighted by Crippen LogP contribution is -1.97. The van der Waals surface area contributed by atoms with Crippen molar-refractivity contribution in [3.8, 4) is 50.2 Å². The van der Waals surface area contributed by atoms with Crippen molar-refractivity contribution in [2.45, 2.75) is 0 Å². The quantitative estimate of drug-likeness (QED) is 0.158. The van der Waals surface area contributed by atoms with Gasteiger partial charge in [0, 0.05) is 16.2 Å². The summed E-state index contributed by atoms with van der Waals surface area (Å²) in [5.74, 6) is 0. The monoisotopic (exact) mass is 697 g/mol. The second-order valence-electron chi connectivity index (χ2n) is 14.4. The normalized spacial score (nSPS) is 11.6. The zero-order valence-electron chi connectivity index (χ0n) is 30.2. The smallest absolute Gasteiger partial charge is 0.0541 e. The molecule has 0 saturated heterocycles. The van der Waals surface area contributed by atoms with Gasteiger partial charge < -0.3 is 4.57 Å². The summed E-state index contributed by atoms with van der Waals surface area (Å²) >= 11 is 0. The summed E-state index contributed by atoms with van der Waals surface area (Å²) in [5, 5.41) is 10.0. The van der Waals surface area contributed by atoms with Gasteiger partial charge in [-0.3, -0.25) is 0 Å². The Balaban J connectivity index is 1.18. The molecule has 55 heavy (non-hydrogen) atoms. The van der Waals surface area contributed by atoms with Crippen LogP contribution in [0.4, 0.5) is 0 Å². The highest BCUT2D eigenvalue weighted by atomic mass is 15.0. The maximum Gasteiger partial charge on any atom is 0.0541 e. The minimum absolute atomic E-state index is 1.19. The summed E-state index contributed by atoms with van der Waals surface area (Å²) in [4.78, 5) is 0. The Morgan fingerprint density at radius 2 is 0.673 bits per heavy atom. The van der Waals surface area contributed by atoms with Crippen molar-refractivity contribution in [3.05, 3.63) is 212 Å². The van der Waals surface area contributed by atoms with Crippen molar-refractivity contribution >= 4 is 54.1 Å². The van der Waals surface area contributed by atoms with E-state index in [0.29, 0.717) is 0 Å². The van der Waals surface area contributed by atoms with E-state index in [9.17, 15) is 0 Å². The molecule has 1 aromatic heterocycles. The van der Waals surface area contributed by atoms with Crippen molar-refractivity contribution in [3.63, 3.8) is 0 Å². The lowest BCUT2D eigenvalue weighted by atomic mass is 9.83. The Bertz CT molecular complexity index is 3170. The summed E-state index contributed by atoms with van der Waals surface area (Å²) in [6.07, 6.45) is 0. The number of rotatable bonds is 5. The van der Waals surface area contributed by atoms with Gasteiger partial charge in [-0.25, -0.2) is 0 Å². The van der Waals surface area contributed by atoms with Gasteiger partial charge in [0.05, 0.1) is 16.7 Å². The summed E-state index contributed by atoms with van der Waals surface area (Å²) < 4.78 is 2.45. The first kappa shape index (κ1) is 31.3. The molecular formula is C54H35N. The molecule has 1 heterocycles. The van der Waals surface area contributed by atoms with Crippen LogP contribution in [0.25, 0.3) is 104 Å². The Morgan fingerprint density at radius 1 is 0.236 bits per heavy atom. The summed E-state index contributed by atoms with van der Waals surface area (Å²) in [7, 11) is 0. The van der Waals surface area contributed by atoms with Crippen LogP contribution in [0.2, 0.25) is 0 Å². The SMILES string of the molecule is c1ccc(-c2ccc(-c3ccc4c(-c5ccc(-n6c7ccccc7c7ccccc76)c6ccccc56)c5ccccc5c(-c5ccccc5)c4c3)cc2)cc1. The standard InChI is InChI=1S/C54H35N/c1-3-15-36(16-4-1)37-27-29-38(30-28-37)40-31-32-48-49(35-40)53(39-17-5-2-6-18-39)45-23-9-10-24-46(45)54(48)47-33-34-52(42-20-8-7-19-41(42)47)55-50-25-13-11-21-43(50)44-22-12-14-26-51(44)55/h1-35H. The number of aromatic nitrogens is 1. The molecule has 0 saturated carbocycles. The topological polar surface area (TPSA) is 4.93 Å². The number of para-hydroxylation sites is 2. The van der Waals surface area contributed by atoms with E-state index >= 15 is 0 Å². The molecule has 1 heteroatoms. The van der Waals surface area contributed by atoms with E-state index in [2.05, 4.69) is 217 Å². The van der Waals surface area contributed by atoms with Crippen molar-refractivity contribution < 1.29 is 0 Å². The van der Waals surface area contributed by atoms with E-state index in [1.165, 1.54) is 104 Å². The van der Waals surface area contributed by atoms with Crippen LogP contribution < -0.4 is 0 Å². The van der Waals surface area contributed by atoms with E-state index in [1.807, 2.05) is 0 Å². The molecule has 0 aliphatic carbocycles. The molecule has 0 fully saturated rings. The van der Waals surface area contributed by atoms with Crippen molar-refractivity contribution in [1.82, 2.24) is 4.57 Å². The molecule has 0 unspecified atom stereocenters. The van der Waals surface area contributed by atoms with Gasteiger partial charge in [0.15, 0.2) is 0 Å². The Hall–Kier alpha value is -7.22. The molecule has 0 spiro atoms. The third-order valence-corrected chi connectivity index (χ3v) is 11.4. The van der Waals surface area contributed by atoms with Crippen molar-refractivity contribution in [2.75, 3.05) is 0 Å². The highest BCUT2D eigenvalue weighted by molar-refractivity contribution is 6.24. The summed E-state index contributed by atoms with van der Waals surface area (Å²) in [6, 6.07) is 77.7. The number of benzene rings is 10. The second kappa shape index (κ2) is 12.7. The molecular weight excluding hydrogens is 663 g/mol. The average molecular weight is 698 g/mol. The van der Waals surface area contributed by atoms with Gasteiger partial charge in [0.25, 0.3) is 0 Å². The van der Waals surface area contributed by atoms with Crippen molar-refractivity contribution in [1.29, 1.82) is 0 Å². The van der Waals surface area contributed by atoms with Gasteiger partial charge in [0.1, 0.15) is 0 Å². The Labute approximate surface area is 320 Å². The summed E-state index contributed by atoms with van der Waals surface area (Å²) in [6.45, 7) is 0. The van der Waals surface area contributed by atoms with E-state index in [0.717, 1.165) is 0 Å². The molecule has 0 amide bonds. The molecule has 10 aromatic carbocycles. The lowest BCUT2D eigenvalue weighted by molar-refractivity contribution is 1.20. The zero-order valence-corrected chi connectivity index (χ0v) is 30.2. The largest absolute Gasteiger partial charge is 0.309 e. The van der Waals surface area contributed by atoms with Crippen LogP contribution in [0.3, 0.4) is 0 Å². The van der Waals surface area contributed by atoms with Crippen LogP contribution >= 0.6 is 0 Å². The molecule has 256 valence electrons. The van der Waals surface area contributed by atoms with Gasteiger partial charge in [-0.1, -0.05) is 188 Å². The van der Waals surface area contributed by atoms with Crippen LogP contribution in [0.1, 0.15) is 0 Å². The minimum atomic E-state index is 1.19. The fourth-order valence-corrected chi connectivity index (χ4v) is 8.93. The van der Waals surface area contributed by atoms with E-state index in [1.54, 1.807) is 0 Å². The van der Waals surface area contributed by atoms with Crippen LogP contribution in [-0.2, 0) is 0 Å². The lowest BCUT2D eigenvalue weighted by Gasteiger charge is -2.21. The van der Waals surface area contributed by atoms with Crippen LogP contribution in [0.15, 0.2) is 212 Å². The fourth-order valence-electron chi connectivity index (χ4n) is 8.93. The highest BCUT2D eigenvalue weighted by Crippen LogP contribution is 2.47. The van der Waals surface area contributed by atoms with Gasteiger partial charge >= 0.3 is 0 Å². The first-order valence-corrected chi connectivity index (χ1v) is 19.0. The zero-order chi connectivity index (χ0) is 36.3. The summed E-state index contributed by atoms with van der Waals surface area (Å²) in [5.41, 5.74) is 13.5. The maximum atomic E-state index is 2.45.